The Balaban J connectivity index is 1.62. The van der Waals surface area contributed by atoms with Gasteiger partial charge in [-0.2, -0.15) is 5.10 Å². The van der Waals surface area contributed by atoms with Gasteiger partial charge in [-0.15, -0.1) is 0 Å². The van der Waals surface area contributed by atoms with Crippen molar-refractivity contribution in [3.8, 4) is 17.1 Å². The number of morpholine rings is 1. The Kier molecular flexibility index (Phi) is 5.19. The summed E-state index contributed by atoms with van der Waals surface area (Å²) >= 11 is 0. The summed E-state index contributed by atoms with van der Waals surface area (Å²) in [4.78, 5) is 15.9. The van der Waals surface area contributed by atoms with Crippen molar-refractivity contribution in [2.24, 2.45) is 10.7 Å². The number of hydrogen-bond acceptors (Lipinski definition) is 6. The number of nitrogens with zero attached hydrogens (tertiary/aromatic N) is 6. The third-order valence-electron chi connectivity index (χ3n) is 6.22. The quantitative estimate of drug-likeness (QED) is 0.270. The molecule has 6 rings (SSSR count). The number of aromatic nitrogens is 5. The molecular weight excluding hydrogens is 442 g/mol. The summed E-state index contributed by atoms with van der Waals surface area (Å²) in [6, 6.07) is 16.1. The minimum Gasteiger partial charge on any atom is -0.383 e. The van der Waals surface area contributed by atoms with Crippen LogP contribution in [0.4, 0.5) is 5.69 Å². The molecule has 4 N–H and O–H groups in total. The van der Waals surface area contributed by atoms with Crippen LogP contribution in [0, 0.1) is 5.41 Å². The SMILES string of the molecule is N=CN=C(N)c1cc(N2CCOCC2)cc2c1ncn2-c1cc(-c2ccn[nH]2)nc2ccccc12. The van der Waals surface area contributed by atoms with Crippen molar-refractivity contribution in [2.75, 3.05) is 31.2 Å². The molecule has 174 valence electrons. The topological polar surface area (TPSA) is 134 Å². The molecule has 2 aromatic carbocycles. The van der Waals surface area contributed by atoms with Crippen molar-refractivity contribution < 1.29 is 4.74 Å². The summed E-state index contributed by atoms with van der Waals surface area (Å²) in [5, 5.41) is 15.5. The molecular formula is C25H23N9O. The average Bonchev–Trinajstić information content (AvgIpc) is 3.59. The molecule has 10 nitrogen and oxygen atoms in total. The second-order valence-corrected chi connectivity index (χ2v) is 8.23. The monoisotopic (exact) mass is 465 g/mol. The summed E-state index contributed by atoms with van der Waals surface area (Å²) in [6.45, 7) is 2.89. The van der Waals surface area contributed by atoms with Crippen molar-refractivity contribution >= 4 is 39.8 Å². The maximum atomic E-state index is 7.40. The number of imidazole rings is 1. The molecule has 3 aromatic heterocycles. The van der Waals surface area contributed by atoms with Gasteiger partial charge in [0.2, 0.25) is 0 Å². The first-order valence-electron chi connectivity index (χ1n) is 11.3. The lowest BCUT2D eigenvalue weighted by molar-refractivity contribution is 0.122. The van der Waals surface area contributed by atoms with Crippen LogP contribution in [0.15, 0.2) is 66.0 Å². The second kappa shape index (κ2) is 8.65. The van der Waals surface area contributed by atoms with Gasteiger partial charge in [-0.25, -0.2) is 15.0 Å². The zero-order valence-corrected chi connectivity index (χ0v) is 18.8. The van der Waals surface area contributed by atoms with Crippen LogP contribution in [0.5, 0.6) is 0 Å². The largest absolute Gasteiger partial charge is 0.383 e. The van der Waals surface area contributed by atoms with Crippen LogP contribution in [0.3, 0.4) is 0 Å². The Morgan fingerprint density at radius 2 is 2.00 bits per heavy atom. The van der Waals surface area contributed by atoms with Gasteiger partial charge in [0.25, 0.3) is 0 Å². The molecule has 5 aromatic rings. The number of pyridine rings is 1. The number of fused-ring (bicyclic) bond motifs is 2. The normalized spacial score (nSPS) is 14.6. The van der Waals surface area contributed by atoms with E-state index in [9.17, 15) is 0 Å². The fourth-order valence-corrected chi connectivity index (χ4v) is 4.52. The van der Waals surface area contributed by atoms with Gasteiger partial charge in [-0.3, -0.25) is 15.1 Å². The molecule has 0 saturated carbocycles. The zero-order chi connectivity index (χ0) is 23.8. The highest BCUT2D eigenvalue weighted by Gasteiger charge is 2.20. The van der Waals surface area contributed by atoms with E-state index in [4.69, 9.17) is 25.8 Å². The Bertz CT molecular complexity index is 1560. The van der Waals surface area contributed by atoms with E-state index in [-0.39, 0.29) is 5.84 Å². The van der Waals surface area contributed by atoms with E-state index in [1.807, 2.05) is 36.4 Å². The van der Waals surface area contributed by atoms with E-state index < -0.39 is 0 Å². The number of aliphatic imine (C=N–C) groups is 1. The van der Waals surface area contributed by atoms with E-state index in [1.54, 1.807) is 12.5 Å². The molecule has 1 aliphatic heterocycles. The van der Waals surface area contributed by atoms with Crippen molar-refractivity contribution in [1.29, 1.82) is 5.41 Å². The highest BCUT2D eigenvalue weighted by Crippen LogP contribution is 2.32. The number of anilines is 1. The summed E-state index contributed by atoms with van der Waals surface area (Å²) in [5.41, 5.74) is 13.0. The predicted molar refractivity (Wildman–Crippen MR) is 136 cm³/mol. The lowest BCUT2D eigenvalue weighted by Crippen LogP contribution is -2.36. The number of nitrogens with one attached hydrogen (secondary N) is 2. The summed E-state index contributed by atoms with van der Waals surface area (Å²) in [5.74, 6) is 0.253. The van der Waals surface area contributed by atoms with Gasteiger partial charge in [0.05, 0.1) is 46.8 Å². The Morgan fingerprint density at radius 1 is 1.14 bits per heavy atom. The predicted octanol–water partition coefficient (Wildman–Crippen LogP) is 3.11. The van der Waals surface area contributed by atoms with Crippen molar-refractivity contribution in [3.05, 3.63) is 66.6 Å². The van der Waals surface area contributed by atoms with Gasteiger partial charge in [0.1, 0.15) is 18.5 Å². The van der Waals surface area contributed by atoms with Crippen LogP contribution in [0.2, 0.25) is 0 Å². The van der Waals surface area contributed by atoms with Crippen LogP contribution >= 0.6 is 0 Å². The highest BCUT2D eigenvalue weighted by atomic mass is 16.5. The van der Waals surface area contributed by atoms with E-state index >= 15 is 0 Å². The van der Waals surface area contributed by atoms with Gasteiger partial charge in [0, 0.05) is 35.9 Å². The Labute approximate surface area is 200 Å². The van der Waals surface area contributed by atoms with Crippen molar-refractivity contribution in [2.45, 2.75) is 0 Å². The molecule has 0 unspecified atom stereocenters. The fourth-order valence-electron chi connectivity index (χ4n) is 4.52. The number of para-hydroxylation sites is 1. The minimum atomic E-state index is 0.253. The van der Waals surface area contributed by atoms with Gasteiger partial charge >= 0.3 is 0 Å². The lowest BCUT2D eigenvalue weighted by Gasteiger charge is -2.29. The first-order chi connectivity index (χ1) is 17.2. The van der Waals surface area contributed by atoms with Gasteiger partial charge < -0.3 is 15.4 Å². The molecule has 0 amide bonds. The Hall–Kier alpha value is -4.57. The molecule has 35 heavy (non-hydrogen) atoms. The first-order valence-corrected chi connectivity index (χ1v) is 11.3. The Morgan fingerprint density at radius 3 is 2.80 bits per heavy atom. The second-order valence-electron chi connectivity index (χ2n) is 8.23. The molecule has 0 bridgehead atoms. The van der Waals surface area contributed by atoms with Crippen LogP contribution in [-0.4, -0.2) is 63.2 Å². The molecule has 1 aliphatic rings. The molecule has 10 heteroatoms. The van der Waals surface area contributed by atoms with E-state index in [1.165, 1.54) is 0 Å². The maximum Gasteiger partial charge on any atom is 0.134 e. The van der Waals surface area contributed by atoms with Gasteiger partial charge in [0.15, 0.2) is 0 Å². The fraction of sp³-hybridized carbons (Fsp3) is 0.160. The van der Waals surface area contributed by atoms with Crippen molar-refractivity contribution in [3.63, 3.8) is 0 Å². The maximum absolute atomic E-state index is 7.40. The zero-order valence-electron chi connectivity index (χ0n) is 18.8. The first kappa shape index (κ1) is 21.0. The van der Waals surface area contributed by atoms with Crippen LogP contribution in [0.25, 0.3) is 39.0 Å². The number of nitrogens with two attached hydrogens (primary N) is 1. The summed E-state index contributed by atoms with van der Waals surface area (Å²) in [6.07, 6.45) is 4.46. The van der Waals surface area contributed by atoms with Crippen molar-refractivity contribution in [1.82, 2.24) is 24.7 Å². The minimum absolute atomic E-state index is 0.253. The molecule has 4 heterocycles. The molecule has 0 radical (unpaired) electrons. The molecule has 0 atom stereocenters. The molecule has 0 aliphatic carbocycles. The number of hydrogen-bond donors (Lipinski definition) is 3. The van der Waals surface area contributed by atoms with Crippen LogP contribution in [-0.2, 0) is 4.74 Å². The standard InChI is InChI=1S/C25H23N9O/c26-14-28-25(27)18-11-16(33-7-9-35-10-8-33)12-23-24(18)29-15-34(23)22-13-21(20-5-6-30-32-20)31-19-4-2-1-3-17(19)22/h1-6,11-15H,7-10H2,(H,30,32)(H3,26,27,28). The van der Waals surface area contributed by atoms with Crippen LogP contribution < -0.4 is 10.6 Å². The van der Waals surface area contributed by atoms with Gasteiger partial charge in [-0.05, 0) is 30.3 Å². The number of rotatable bonds is 5. The highest BCUT2D eigenvalue weighted by molar-refractivity contribution is 6.10. The van der Waals surface area contributed by atoms with E-state index in [2.05, 4.69) is 36.8 Å². The average molecular weight is 466 g/mol. The lowest BCUT2D eigenvalue weighted by atomic mass is 10.1. The smallest absolute Gasteiger partial charge is 0.134 e. The number of benzene rings is 2. The molecule has 0 spiro atoms. The number of H-pyrrole nitrogens is 1. The summed E-state index contributed by atoms with van der Waals surface area (Å²) < 4.78 is 7.61. The number of aromatic amines is 1. The summed E-state index contributed by atoms with van der Waals surface area (Å²) in [7, 11) is 0. The van der Waals surface area contributed by atoms with Crippen LogP contribution in [0.1, 0.15) is 5.56 Å². The third-order valence-corrected chi connectivity index (χ3v) is 6.22. The van der Waals surface area contributed by atoms with E-state index in [0.29, 0.717) is 24.3 Å². The van der Waals surface area contributed by atoms with E-state index in [0.717, 1.165) is 58.6 Å². The number of ether oxygens (including phenoxy) is 1. The molecule has 1 saturated heterocycles. The third kappa shape index (κ3) is 3.69. The number of amidine groups is 1. The van der Waals surface area contributed by atoms with Gasteiger partial charge in [-0.1, -0.05) is 18.2 Å². The molecule has 1 fully saturated rings.